The van der Waals surface area contributed by atoms with Gasteiger partial charge in [-0.25, -0.2) is 0 Å². The zero-order valence-electron chi connectivity index (χ0n) is 9.23. The Morgan fingerprint density at radius 1 is 1.06 bits per heavy atom. The summed E-state index contributed by atoms with van der Waals surface area (Å²) in [6, 6.07) is 12.4. The van der Waals surface area contributed by atoms with Gasteiger partial charge in [0, 0.05) is 5.56 Å². The Bertz CT molecular complexity index is 473. The molecule has 0 aliphatic carbocycles. The molecule has 0 bridgehead atoms. The second kappa shape index (κ2) is 4.47. The van der Waals surface area contributed by atoms with Gasteiger partial charge in [0.05, 0.1) is 0 Å². The lowest BCUT2D eigenvalue weighted by Crippen LogP contribution is -2.19. The van der Waals surface area contributed by atoms with E-state index in [-0.39, 0.29) is 0 Å². The first kappa shape index (κ1) is 11.8. The minimum absolute atomic E-state index is 0.300. The van der Waals surface area contributed by atoms with Crippen LogP contribution < -0.4 is 0 Å². The van der Waals surface area contributed by atoms with Crippen LogP contribution >= 0.6 is 0 Å². The van der Waals surface area contributed by atoms with Crippen LogP contribution in [-0.2, 0) is 5.41 Å². The van der Waals surface area contributed by atoms with Crippen molar-refractivity contribution in [2.75, 3.05) is 0 Å². The maximum Gasteiger partial charge on any atom is 0.253 e. The number of hydrogen-bond acceptors (Lipinski definition) is 3. The van der Waals surface area contributed by atoms with E-state index in [4.69, 9.17) is 15.8 Å². The Hall–Kier alpha value is -2.31. The molecule has 0 spiro atoms. The summed E-state index contributed by atoms with van der Waals surface area (Å²) in [4.78, 5) is 0. The van der Waals surface area contributed by atoms with Crippen LogP contribution in [0.15, 0.2) is 24.3 Å². The van der Waals surface area contributed by atoms with Crippen LogP contribution in [0.2, 0.25) is 0 Å². The van der Waals surface area contributed by atoms with Crippen LogP contribution in [0.25, 0.3) is 0 Å². The third-order valence-corrected chi connectivity index (χ3v) is 2.49. The Labute approximate surface area is 95.2 Å². The van der Waals surface area contributed by atoms with Gasteiger partial charge in [0.25, 0.3) is 5.41 Å². The molecule has 0 unspecified atom stereocenters. The molecule has 0 atom stereocenters. The van der Waals surface area contributed by atoms with Crippen molar-refractivity contribution in [3.05, 3.63) is 35.4 Å². The minimum atomic E-state index is -1.69. The maximum atomic E-state index is 8.96. The number of benzene rings is 1. The van der Waals surface area contributed by atoms with Gasteiger partial charge in [-0.2, -0.15) is 15.8 Å². The lowest BCUT2D eigenvalue weighted by molar-refractivity contribution is 0.847. The van der Waals surface area contributed by atoms with Crippen molar-refractivity contribution in [1.82, 2.24) is 0 Å². The van der Waals surface area contributed by atoms with Gasteiger partial charge in [0.2, 0.25) is 0 Å². The fourth-order valence-corrected chi connectivity index (χ4v) is 1.40. The van der Waals surface area contributed by atoms with E-state index in [1.165, 1.54) is 0 Å². The SMILES string of the molecule is CC(C)c1cccc(C(C#N)(C#N)C#N)c1. The molecule has 1 rings (SSSR count). The summed E-state index contributed by atoms with van der Waals surface area (Å²) >= 11 is 0. The molecule has 0 N–H and O–H groups in total. The van der Waals surface area contributed by atoms with Crippen molar-refractivity contribution >= 4 is 0 Å². The highest BCUT2D eigenvalue weighted by molar-refractivity contribution is 5.49. The summed E-state index contributed by atoms with van der Waals surface area (Å²) in [5.74, 6) is 0.300. The van der Waals surface area contributed by atoms with Crippen LogP contribution in [0, 0.1) is 34.0 Å². The number of nitriles is 3. The Morgan fingerprint density at radius 3 is 2.06 bits per heavy atom. The molecule has 0 saturated carbocycles. The molecular formula is C13H11N3. The molecule has 0 fully saturated rings. The Balaban J connectivity index is 3.36. The number of nitrogens with zero attached hydrogens (tertiary/aromatic N) is 3. The van der Waals surface area contributed by atoms with E-state index in [9.17, 15) is 0 Å². The highest BCUT2D eigenvalue weighted by Gasteiger charge is 2.32. The summed E-state index contributed by atoms with van der Waals surface area (Å²) in [6.07, 6.45) is 0. The fraction of sp³-hybridized carbons (Fsp3) is 0.308. The van der Waals surface area contributed by atoms with Crippen LogP contribution in [0.1, 0.15) is 30.9 Å². The summed E-state index contributed by atoms with van der Waals surface area (Å²) < 4.78 is 0. The molecule has 0 saturated heterocycles. The van der Waals surface area contributed by atoms with Crippen LogP contribution in [0.4, 0.5) is 0 Å². The third-order valence-electron chi connectivity index (χ3n) is 2.49. The first-order valence-corrected chi connectivity index (χ1v) is 4.94. The second-order valence-electron chi connectivity index (χ2n) is 3.87. The first-order chi connectivity index (χ1) is 7.59. The Kier molecular flexibility index (Phi) is 3.29. The second-order valence-corrected chi connectivity index (χ2v) is 3.87. The van der Waals surface area contributed by atoms with Crippen molar-refractivity contribution in [2.45, 2.75) is 25.2 Å². The molecule has 0 radical (unpaired) electrons. The highest BCUT2D eigenvalue weighted by atomic mass is 14.4. The van der Waals surface area contributed by atoms with E-state index in [0.29, 0.717) is 11.5 Å². The van der Waals surface area contributed by atoms with E-state index in [1.807, 2.05) is 19.9 Å². The van der Waals surface area contributed by atoms with E-state index in [2.05, 4.69) is 0 Å². The zero-order chi connectivity index (χ0) is 12.2. The molecule has 0 aliphatic rings. The highest BCUT2D eigenvalue weighted by Crippen LogP contribution is 2.25. The standard InChI is InChI=1S/C13H11N3/c1-10(2)11-4-3-5-12(6-11)13(7-14,8-15)9-16/h3-6,10H,1-2H3. The van der Waals surface area contributed by atoms with Crippen LogP contribution in [0.3, 0.4) is 0 Å². The third kappa shape index (κ3) is 1.88. The fourth-order valence-electron chi connectivity index (χ4n) is 1.40. The predicted molar refractivity (Wildman–Crippen MR) is 59.0 cm³/mol. The molecular weight excluding hydrogens is 198 g/mol. The first-order valence-electron chi connectivity index (χ1n) is 4.94. The van der Waals surface area contributed by atoms with E-state index >= 15 is 0 Å². The van der Waals surface area contributed by atoms with Crippen molar-refractivity contribution in [2.24, 2.45) is 0 Å². The minimum Gasteiger partial charge on any atom is -0.195 e. The van der Waals surface area contributed by atoms with Crippen LogP contribution in [-0.4, -0.2) is 0 Å². The predicted octanol–water partition coefficient (Wildman–Crippen LogP) is 2.62. The van der Waals surface area contributed by atoms with Crippen molar-refractivity contribution in [3.63, 3.8) is 0 Å². The summed E-state index contributed by atoms with van der Waals surface area (Å²) in [7, 11) is 0. The largest absolute Gasteiger partial charge is 0.253 e. The van der Waals surface area contributed by atoms with Crippen molar-refractivity contribution in [1.29, 1.82) is 15.8 Å². The topological polar surface area (TPSA) is 71.4 Å². The van der Waals surface area contributed by atoms with Gasteiger partial charge in [-0.05, 0) is 11.5 Å². The van der Waals surface area contributed by atoms with Crippen molar-refractivity contribution < 1.29 is 0 Å². The molecule has 1 aromatic rings. The van der Waals surface area contributed by atoms with Gasteiger partial charge < -0.3 is 0 Å². The number of rotatable bonds is 2. The quantitative estimate of drug-likeness (QED) is 0.751. The van der Waals surface area contributed by atoms with Gasteiger partial charge in [-0.3, -0.25) is 0 Å². The summed E-state index contributed by atoms with van der Waals surface area (Å²) in [5.41, 5.74) is -0.223. The Morgan fingerprint density at radius 2 is 1.62 bits per heavy atom. The van der Waals surface area contributed by atoms with Crippen molar-refractivity contribution in [3.8, 4) is 18.2 Å². The zero-order valence-corrected chi connectivity index (χ0v) is 9.23. The molecule has 0 heterocycles. The van der Waals surface area contributed by atoms with E-state index in [0.717, 1.165) is 5.56 Å². The molecule has 16 heavy (non-hydrogen) atoms. The molecule has 0 aliphatic heterocycles. The average molecular weight is 209 g/mol. The smallest absolute Gasteiger partial charge is 0.195 e. The van der Waals surface area contributed by atoms with Gasteiger partial charge in [-0.1, -0.05) is 38.1 Å². The normalized spacial score (nSPS) is 10.2. The number of hydrogen-bond donors (Lipinski definition) is 0. The molecule has 0 amide bonds. The summed E-state index contributed by atoms with van der Waals surface area (Å²) in [5, 5.41) is 26.9. The maximum absolute atomic E-state index is 8.96. The monoisotopic (exact) mass is 209 g/mol. The average Bonchev–Trinajstić information content (AvgIpc) is 2.32. The summed E-state index contributed by atoms with van der Waals surface area (Å²) in [6.45, 7) is 4.04. The molecule has 3 heteroatoms. The lowest BCUT2D eigenvalue weighted by atomic mass is 9.83. The van der Waals surface area contributed by atoms with E-state index < -0.39 is 5.41 Å². The molecule has 0 aromatic heterocycles. The van der Waals surface area contributed by atoms with Gasteiger partial charge >= 0.3 is 0 Å². The van der Waals surface area contributed by atoms with E-state index in [1.54, 1.807) is 36.4 Å². The van der Waals surface area contributed by atoms with Crippen LogP contribution in [0.5, 0.6) is 0 Å². The molecule has 1 aromatic carbocycles. The van der Waals surface area contributed by atoms with Gasteiger partial charge in [0.15, 0.2) is 0 Å². The van der Waals surface area contributed by atoms with Gasteiger partial charge in [-0.15, -0.1) is 0 Å². The molecule has 78 valence electrons. The molecule has 3 nitrogen and oxygen atoms in total. The van der Waals surface area contributed by atoms with Gasteiger partial charge in [0.1, 0.15) is 18.2 Å². The lowest BCUT2D eigenvalue weighted by Gasteiger charge is -2.12.